The van der Waals surface area contributed by atoms with E-state index in [1.165, 1.54) is 13.8 Å². The summed E-state index contributed by atoms with van der Waals surface area (Å²) < 4.78 is 10.7. The van der Waals surface area contributed by atoms with Gasteiger partial charge in [0.1, 0.15) is 23.0 Å². The molecule has 80 valence electrons. The van der Waals surface area contributed by atoms with Crippen molar-refractivity contribution in [1.29, 1.82) is 0 Å². The number of Topliss-reactive ketones (excluding diaryl/α,β-unsaturated/α-hetero) is 2. The van der Waals surface area contributed by atoms with Crippen molar-refractivity contribution in [3.05, 3.63) is 9.75 Å². The first-order chi connectivity index (χ1) is 7.11. The summed E-state index contributed by atoms with van der Waals surface area (Å²) >= 11 is 1.14. The topological polar surface area (TPSA) is 52.6 Å². The summed E-state index contributed by atoms with van der Waals surface area (Å²) in [6, 6.07) is 0. The van der Waals surface area contributed by atoms with E-state index in [0.717, 1.165) is 11.3 Å². The van der Waals surface area contributed by atoms with E-state index in [2.05, 4.69) is 0 Å². The number of ketones is 2. The minimum absolute atomic E-state index is 0.103. The zero-order valence-corrected chi connectivity index (χ0v) is 9.27. The molecule has 0 aliphatic carbocycles. The maximum atomic E-state index is 11.3. The van der Waals surface area contributed by atoms with Crippen molar-refractivity contribution in [1.82, 2.24) is 0 Å². The Hall–Kier alpha value is -1.36. The minimum Gasteiger partial charge on any atom is -0.484 e. The van der Waals surface area contributed by atoms with Crippen LogP contribution in [0.3, 0.4) is 0 Å². The molecule has 0 unspecified atom stereocenters. The molecule has 1 aliphatic rings. The molecule has 0 saturated heterocycles. The molecule has 5 heteroatoms. The average Bonchev–Trinajstić information content (AvgIpc) is 2.56. The van der Waals surface area contributed by atoms with Crippen LogP contribution in [0, 0.1) is 0 Å². The number of hydrogen-bond donors (Lipinski definition) is 0. The molecule has 0 aromatic carbocycles. The first kappa shape index (κ1) is 10.2. The Morgan fingerprint density at radius 3 is 1.73 bits per heavy atom. The maximum Gasteiger partial charge on any atom is 0.183 e. The molecule has 0 radical (unpaired) electrons. The second-order valence-corrected chi connectivity index (χ2v) is 4.25. The fraction of sp³-hybridized carbons (Fsp3) is 0.400. The summed E-state index contributed by atoms with van der Waals surface area (Å²) in [5.74, 6) is 0.663. The Morgan fingerprint density at radius 2 is 1.40 bits per heavy atom. The monoisotopic (exact) mass is 226 g/mol. The van der Waals surface area contributed by atoms with E-state index in [-0.39, 0.29) is 11.6 Å². The van der Waals surface area contributed by atoms with E-state index in [1.807, 2.05) is 0 Å². The van der Waals surface area contributed by atoms with Gasteiger partial charge in [0.25, 0.3) is 0 Å². The quantitative estimate of drug-likeness (QED) is 0.723. The highest BCUT2D eigenvalue weighted by Crippen LogP contribution is 2.44. The van der Waals surface area contributed by atoms with Crippen LogP contribution in [-0.4, -0.2) is 24.8 Å². The number of carbonyl (C=O) groups is 2. The molecule has 0 saturated carbocycles. The molecule has 0 atom stereocenters. The van der Waals surface area contributed by atoms with Crippen LogP contribution < -0.4 is 9.47 Å². The molecule has 1 aliphatic heterocycles. The van der Waals surface area contributed by atoms with E-state index in [0.29, 0.717) is 34.5 Å². The van der Waals surface area contributed by atoms with Gasteiger partial charge < -0.3 is 9.47 Å². The third-order valence-corrected chi connectivity index (χ3v) is 3.39. The molecule has 0 spiro atoms. The first-order valence-corrected chi connectivity index (χ1v) is 5.37. The van der Waals surface area contributed by atoms with Gasteiger partial charge in [0.05, 0.1) is 0 Å². The van der Waals surface area contributed by atoms with Gasteiger partial charge >= 0.3 is 0 Å². The lowest BCUT2D eigenvalue weighted by atomic mass is 10.2. The summed E-state index contributed by atoms with van der Waals surface area (Å²) in [6.07, 6.45) is 0. The van der Waals surface area contributed by atoms with Crippen LogP contribution in [0.1, 0.15) is 33.2 Å². The highest BCUT2D eigenvalue weighted by atomic mass is 32.1. The van der Waals surface area contributed by atoms with Gasteiger partial charge in [-0.25, -0.2) is 0 Å². The van der Waals surface area contributed by atoms with Crippen molar-refractivity contribution in [3.8, 4) is 11.5 Å². The molecule has 2 rings (SSSR count). The molecule has 2 heterocycles. The highest BCUT2D eigenvalue weighted by molar-refractivity contribution is 7.16. The molecular weight excluding hydrogens is 216 g/mol. The molecule has 0 N–H and O–H groups in total. The van der Waals surface area contributed by atoms with Crippen LogP contribution in [0.4, 0.5) is 0 Å². The van der Waals surface area contributed by atoms with Gasteiger partial charge in [-0.15, -0.1) is 11.3 Å². The van der Waals surface area contributed by atoms with Crippen LogP contribution in [0.25, 0.3) is 0 Å². The largest absolute Gasteiger partial charge is 0.484 e. The predicted octanol–water partition coefficient (Wildman–Crippen LogP) is 1.92. The standard InChI is InChI=1S/C10H10O4S/c1-5(11)9-7-8(14-4-3-13-7)10(15-9)6(2)12/h3-4H2,1-2H3. The number of rotatable bonds is 2. The van der Waals surface area contributed by atoms with E-state index in [4.69, 9.17) is 9.47 Å². The normalized spacial score (nSPS) is 13.7. The zero-order chi connectivity index (χ0) is 11.0. The second kappa shape index (κ2) is 3.66. The summed E-state index contributed by atoms with van der Waals surface area (Å²) in [6.45, 7) is 3.74. The number of ether oxygens (including phenoxy) is 2. The van der Waals surface area contributed by atoms with Crippen LogP contribution >= 0.6 is 11.3 Å². The van der Waals surface area contributed by atoms with Gasteiger partial charge in [-0.3, -0.25) is 9.59 Å². The van der Waals surface area contributed by atoms with E-state index < -0.39 is 0 Å². The third-order valence-electron chi connectivity index (χ3n) is 2.04. The lowest BCUT2D eigenvalue weighted by Crippen LogP contribution is -2.16. The van der Waals surface area contributed by atoms with E-state index >= 15 is 0 Å². The van der Waals surface area contributed by atoms with Crippen LogP contribution in [0.5, 0.6) is 11.5 Å². The SMILES string of the molecule is CC(=O)c1sc(C(C)=O)c2c1OCCO2. The van der Waals surface area contributed by atoms with Crippen LogP contribution in [0.15, 0.2) is 0 Å². The van der Waals surface area contributed by atoms with Crippen molar-refractivity contribution >= 4 is 22.9 Å². The summed E-state index contributed by atoms with van der Waals surface area (Å²) in [4.78, 5) is 23.6. The fourth-order valence-electron chi connectivity index (χ4n) is 1.41. The molecule has 1 aromatic heterocycles. The molecule has 0 amide bonds. The first-order valence-electron chi connectivity index (χ1n) is 4.55. The van der Waals surface area contributed by atoms with Crippen LogP contribution in [0.2, 0.25) is 0 Å². The number of hydrogen-bond acceptors (Lipinski definition) is 5. The Morgan fingerprint density at radius 1 is 1.00 bits per heavy atom. The molecular formula is C10H10O4S. The summed E-state index contributed by atoms with van der Waals surface area (Å²) in [5, 5.41) is 0. The Kier molecular flexibility index (Phi) is 2.48. The van der Waals surface area contributed by atoms with E-state index in [9.17, 15) is 9.59 Å². The third kappa shape index (κ3) is 1.63. The van der Waals surface area contributed by atoms with Crippen molar-refractivity contribution in [2.24, 2.45) is 0 Å². The van der Waals surface area contributed by atoms with Gasteiger partial charge in [0.2, 0.25) is 0 Å². The fourth-order valence-corrected chi connectivity index (χ4v) is 2.39. The Bertz CT molecular complexity index is 394. The second-order valence-electron chi connectivity index (χ2n) is 3.23. The van der Waals surface area contributed by atoms with Crippen molar-refractivity contribution in [2.45, 2.75) is 13.8 Å². The maximum absolute atomic E-state index is 11.3. The van der Waals surface area contributed by atoms with Gasteiger partial charge in [-0.05, 0) is 0 Å². The van der Waals surface area contributed by atoms with Gasteiger partial charge in [0.15, 0.2) is 23.1 Å². The minimum atomic E-state index is -0.103. The molecule has 0 bridgehead atoms. The average molecular weight is 226 g/mol. The van der Waals surface area contributed by atoms with Gasteiger partial charge in [0, 0.05) is 13.8 Å². The number of carbonyl (C=O) groups excluding carboxylic acids is 2. The highest BCUT2D eigenvalue weighted by Gasteiger charge is 2.28. The lowest BCUT2D eigenvalue weighted by molar-refractivity contribution is 0.0992. The summed E-state index contributed by atoms with van der Waals surface area (Å²) in [7, 11) is 0. The lowest BCUT2D eigenvalue weighted by Gasteiger charge is -2.16. The molecule has 0 fully saturated rings. The van der Waals surface area contributed by atoms with Crippen molar-refractivity contribution < 1.29 is 19.1 Å². The van der Waals surface area contributed by atoms with Crippen molar-refractivity contribution in [3.63, 3.8) is 0 Å². The van der Waals surface area contributed by atoms with Crippen LogP contribution in [-0.2, 0) is 0 Å². The van der Waals surface area contributed by atoms with E-state index in [1.54, 1.807) is 0 Å². The van der Waals surface area contributed by atoms with Gasteiger partial charge in [-0.1, -0.05) is 0 Å². The zero-order valence-electron chi connectivity index (χ0n) is 8.46. The summed E-state index contributed by atoms with van der Waals surface area (Å²) in [5.41, 5.74) is 0. The van der Waals surface area contributed by atoms with Crippen molar-refractivity contribution in [2.75, 3.05) is 13.2 Å². The smallest absolute Gasteiger partial charge is 0.183 e. The molecule has 1 aromatic rings. The number of thiophene rings is 1. The Balaban J connectivity index is 2.59. The van der Waals surface area contributed by atoms with Gasteiger partial charge in [-0.2, -0.15) is 0 Å². The predicted molar refractivity (Wildman–Crippen MR) is 55.3 cm³/mol. The number of fused-ring (bicyclic) bond motifs is 1. The molecule has 4 nitrogen and oxygen atoms in total. The Labute approximate surface area is 90.8 Å². The molecule has 15 heavy (non-hydrogen) atoms.